The molecule has 0 atom stereocenters. The molecule has 0 aliphatic rings. The van der Waals surface area contributed by atoms with Gasteiger partial charge in [0.05, 0.1) is 10.0 Å². The molecule has 0 heterocycles. The molecule has 1 aromatic rings. The van der Waals surface area contributed by atoms with Crippen LogP contribution in [0.1, 0.15) is 0 Å². The van der Waals surface area contributed by atoms with Crippen LogP contribution in [0.2, 0.25) is 10.0 Å². The summed E-state index contributed by atoms with van der Waals surface area (Å²) in [5.41, 5.74) is 0. The van der Waals surface area contributed by atoms with E-state index in [1.807, 2.05) is 6.07 Å². The standard InChI is InChI=1S/C6H2BrCl2I/c7-3-1-5(9)6(10)2-4(3)8/h1-2H. The summed E-state index contributed by atoms with van der Waals surface area (Å²) in [4.78, 5) is 0. The first-order valence-electron chi connectivity index (χ1n) is 2.41. The zero-order valence-corrected chi connectivity index (χ0v) is 9.92. The van der Waals surface area contributed by atoms with Gasteiger partial charge in [-0.25, -0.2) is 0 Å². The van der Waals surface area contributed by atoms with Gasteiger partial charge in [0.25, 0.3) is 0 Å². The lowest BCUT2D eigenvalue weighted by Gasteiger charge is -1.98. The minimum atomic E-state index is 0.689. The molecule has 0 saturated carbocycles. The molecule has 4 heteroatoms. The van der Waals surface area contributed by atoms with Crippen LogP contribution in [0.15, 0.2) is 16.6 Å². The summed E-state index contributed by atoms with van der Waals surface area (Å²) in [6.07, 6.45) is 0. The average molecular weight is 352 g/mol. The summed E-state index contributed by atoms with van der Waals surface area (Å²) in [7, 11) is 0. The van der Waals surface area contributed by atoms with Crippen LogP contribution < -0.4 is 0 Å². The van der Waals surface area contributed by atoms with Crippen LogP contribution in [-0.2, 0) is 0 Å². The van der Waals surface area contributed by atoms with Gasteiger partial charge < -0.3 is 0 Å². The van der Waals surface area contributed by atoms with E-state index in [1.54, 1.807) is 6.07 Å². The number of hydrogen-bond donors (Lipinski definition) is 0. The third kappa shape index (κ3) is 2.00. The van der Waals surface area contributed by atoms with E-state index in [1.165, 1.54) is 0 Å². The van der Waals surface area contributed by atoms with E-state index in [9.17, 15) is 0 Å². The maximum atomic E-state index is 5.79. The Morgan fingerprint density at radius 2 is 1.80 bits per heavy atom. The van der Waals surface area contributed by atoms with Gasteiger partial charge in [0, 0.05) is 8.04 Å². The summed E-state index contributed by atoms with van der Waals surface area (Å²) in [5.74, 6) is 0. The Kier molecular flexibility index (Phi) is 3.28. The molecule has 54 valence electrons. The lowest BCUT2D eigenvalue weighted by molar-refractivity contribution is 1.60. The third-order valence-corrected chi connectivity index (χ3v) is 3.68. The molecule has 0 aliphatic carbocycles. The first-order chi connectivity index (χ1) is 4.61. The first-order valence-corrected chi connectivity index (χ1v) is 5.04. The third-order valence-electron chi connectivity index (χ3n) is 0.963. The molecular weight excluding hydrogens is 350 g/mol. The Balaban J connectivity index is 3.28. The largest absolute Gasteiger partial charge is 0.0831 e. The van der Waals surface area contributed by atoms with E-state index in [0.29, 0.717) is 5.02 Å². The SMILES string of the molecule is Clc1cc(I)c(Cl)cc1Br. The van der Waals surface area contributed by atoms with Crippen molar-refractivity contribution in [3.05, 3.63) is 30.2 Å². The van der Waals surface area contributed by atoms with E-state index in [-0.39, 0.29) is 0 Å². The van der Waals surface area contributed by atoms with E-state index in [2.05, 4.69) is 38.5 Å². The highest BCUT2D eigenvalue weighted by Gasteiger charge is 2.01. The smallest absolute Gasteiger partial charge is 0.0559 e. The Hall–Kier alpha value is 1.01. The topological polar surface area (TPSA) is 0 Å². The molecule has 0 N–H and O–H groups in total. The van der Waals surface area contributed by atoms with Gasteiger partial charge in [-0.1, -0.05) is 23.2 Å². The summed E-state index contributed by atoms with van der Waals surface area (Å²) in [6.45, 7) is 0. The van der Waals surface area contributed by atoms with Crippen LogP contribution in [0, 0.1) is 3.57 Å². The van der Waals surface area contributed by atoms with Crippen molar-refractivity contribution in [2.75, 3.05) is 0 Å². The highest BCUT2D eigenvalue weighted by molar-refractivity contribution is 14.1. The second kappa shape index (κ2) is 3.61. The summed E-state index contributed by atoms with van der Waals surface area (Å²) >= 11 is 17.0. The van der Waals surface area contributed by atoms with Gasteiger partial charge >= 0.3 is 0 Å². The van der Waals surface area contributed by atoms with Gasteiger partial charge in [0.2, 0.25) is 0 Å². The van der Waals surface area contributed by atoms with Crippen molar-refractivity contribution in [1.82, 2.24) is 0 Å². The summed E-state index contributed by atoms with van der Waals surface area (Å²) in [5, 5.41) is 1.41. The normalized spacial score (nSPS) is 10.0. The first kappa shape index (κ1) is 9.10. The van der Waals surface area contributed by atoms with Crippen molar-refractivity contribution in [2.24, 2.45) is 0 Å². The van der Waals surface area contributed by atoms with Gasteiger partial charge in [-0.2, -0.15) is 0 Å². The van der Waals surface area contributed by atoms with Crippen LogP contribution in [0.25, 0.3) is 0 Å². The highest BCUT2D eigenvalue weighted by atomic mass is 127. The molecule has 0 saturated heterocycles. The number of rotatable bonds is 0. The summed E-state index contributed by atoms with van der Waals surface area (Å²) in [6, 6.07) is 3.60. The van der Waals surface area contributed by atoms with Crippen LogP contribution in [-0.4, -0.2) is 0 Å². The molecule has 0 fully saturated rings. The number of hydrogen-bond acceptors (Lipinski definition) is 0. The predicted molar refractivity (Wildman–Crippen MR) is 56.9 cm³/mol. The minimum Gasteiger partial charge on any atom is -0.0831 e. The van der Waals surface area contributed by atoms with Crippen LogP contribution in [0.4, 0.5) is 0 Å². The maximum Gasteiger partial charge on any atom is 0.0559 e. The highest BCUT2D eigenvalue weighted by Crippen LogP contribution is 2.29. The van der Waals surface area contributed by atoms with Gasteiger partial charge in [0.15, 0.2) is 0 Å². The number of benzene rings is 1. The monoisotopic (exact) mass is 350 g/mol. The lowest BCUT2D eigenvalue weighted by atomic mass is 10.4. The molecule has 1 aromatic carbocycles. The zero-order valence-electron chi connectivity index (χ0n) is 4.67. The van der Waals surface area contributed by atoms with Crippen molar-refractivity contribution in [2.45, 2.75) is 0 Å². The van der Waals surface area contributed by atoms with Crippen molar-refractivity contribution < 1.29 is 0 Å². The van der Waals surface area contributed by atoms with E-state index in [0.717, 1.165) is 13.1 Å². The predicted octanol–water partition coefficient (Wildman–Crippen LogP) is 4.36. The van der Waals surface area contributed by atoms with Crippen molar-refractivity contribution in [3.8, 4) is 0 Å². The van der Waals surface area contributed by atoms with Gasteiger partial charge in [-0.3, -0.25) is 0 Å². The van der Waals surface area contributed by atoms with Crippen LogP contribution >= 0.6 is 61.7 Å². The second-order valence-corrected chi connectivity index (χ2v) is 4.51. The molecule has 10 heavy (non-hydrogen) atoms. The second-order valence-electron chi connectivity index (χ2n) is 1.68. The number of halogens is 4. The zero-order chi connectivity index (χ0) is 7.72. The molecule has 0 aromatic heterocycles. The molecule has 0 bridgehead atoms. The van der Waals surface area contributed by atoms with Crippen molar-refractivity contribution in [3.63, 3.8) is 0 Å². The fourth-order valence-corrected chi connectivity index (χ4v) is 1.95. The molecule has 0 unspecified atom stereocenters. The summed E-state index contributed by atoms with van der Waals surface area (Å²) < 4.78 is 1.80. The average Bonchev–Trinajstić information content (AvgIpc) is 1.84. The van der Waals surface area contributed by atoms with Gasteiger partial charge in [-0.15, -0.1) is 0 Å². The van der Waals surface area contributed by atoms with E-state index < -0.39 is 0 Å². The fourth-order valence-electron chi connectivity index (χ4n) is 0.498. The molecule has 0 spiro atoms. The van der Waals surface area contributed by atoms with Crippen LogP contribution in [0.3, 0.4) is 0 Å². The Morgan fingerprint density at radius 1 is 1.20 bits per heavy atom. The lowest BCUT2D eigenvalue weighted by Crippen LogP contribution is -1.75. The quantitative estimate of drug-likeness (QED) is 0.481. The van der Waals surface area contributed by atoms with Crippen LogP contribution in [0.5, 0.6) is 0 Å². The molecule has 1 rings (SSSR count). The Bertz CT molecular complexity index is 212. The van der Waals surface area contributed by atoms with E-state index in [4.69, 9.17) is 23.2 Å². The molecule has 0 nitrogen and oxygen atoms in total. The molecule has 0 radical (unpaired) electrons. The Labute approximate surface area is 91.2 Å². The molecule has 0 amide bonds. The fraction of sp³-hybridized carbons (Fsp3) is 0. The van der Waals surface area contributed by atoms with Gasteiger partial charge in [0.1, 0.15) is 0 Å². The Morgan fingerprint density at radius 3 is 2.30 bits per heavy atom. The van der Waals surface area contributed by atoms with Gasteiger partial charge in [-0.05, 0) is 50.7 Å². The minimum absolute atomic E-state index is 0.689. The molecular formula is C6H2BrCl2I. The molecule has 0 aliphatic heterocycles. The van der Waals surface area contributed by atoms with Crippen molar-refractivity contribution in [1.29, 1.82) is 0 Å². The van der Waals surface area contributed by atoms with E-state index >= 15 is 0 Å². The maximum absolute atomic E-state index is 5.79. The van der Waals surface area contributed by atoms with Crippen molar-refractivity contribution >= 4 is 61.7 Å².